The number of carbonyl (C=O) groups is 1. The fourth-order valence-corrected chi connectivity index (χ4v) is 4.02. The molecule has 2 rings (SSSR count). The maximum atomic E-state index is 11.8. The van der Waals surface area contributed by atoms with Crippen LogP contribution < -0.4 is 5.32 Å². The first-order valence-corrected chi connectivity index (χ1v) is 10.3. The molecule has 2 aromatic rings. The number of thioether (sulfide) groups is 1. The van der Waals surface area contributed by atoms with Gasteiger partial charge in [0.2, 0.25) is 11.0 Å². The second kappa shape index (κ2) is 10.2. The van der Waals surface area contributed by atoms with Crippen LogP contribution in [-0.4, -0.2) is 16.1 Å². The van der Waals surface area contributed by atoms with Gasteiger partial charge in [-0.3, -0.25) is 4.79 Å². The van der Waals surface area contributed by atoms with Gasteiger partial charge in [-0.2, -0.15) is 0 Å². The van der Waals surface area contributed by atoms with E-state index in [0.717, 1.165) is 34.9 Å². The highest BCUT2D eigenvalue weighted by molar-refractivity contribution is 8.00. The fraction of sp³-hybridized carbons (Fsp3) is 0.438. The van der Waals surface area contributed by atoms with Crippen LogP contribution in [0.1, 0.15) is 44.6 Å². The van der Waals surface area contributed by atoms with Gasteiger partial charge in [0.15, 0.2) is 4.34 Å². The van der Waals surface area contributed by atoms with Crippen molar-refractivity contribution >= 4 is 57.3 Å². The lowest BCUT2D eigenvalue weighted by atomic mass is 10.1. The number of benzene rings is 1. The van der Waals surface area contributed by atoms with E-state index in [9.17, 15) is 4.79 Å². The molecule has 130 valence electrons. The summed E-state index contributed by atoms with van der Waals surface area (Å²) < 4.78 is 0.808. The second-order valence-electron chi connectivity index (χ2n) is 5.27. The Morgan fingerprint density at radius 2 is 2.04 bits per heavy atom. The number of amides is 1. The largest absolute Gasteiger partial charge is 0.301 e. The van der Waals surface area contributed by atoms with Crippen molar-refractivity contribution in [3.8, 4) is 0 Å². The normalized spacial score (nSPS) is 10.8. The maximum absolute atomic E-state index is 11.8. The van der Waals surface area contributed by atoms with Gasteiger partial charge in [0.1, 0.15) is 0 Å². The molecule has 0 fully saturated rings. The van der Waals surface area contributed by atoms with Crippen LogP contribution in [0.15, 0.2) is 22.5 Å². The molecule has 0 unspecified atom stereocenters. The lowest BCUT2D eigenvalue weighted by Gasteiger charge is -2.01. The smallest absolute Gasteiger partial charge is 0.226 e. The van der Waals surface area contributed by atoms with Gasteiger partial charge in [-0.1, -0.05) is 78.6 Å². The van der Waals surface area contributed by atoms with Crippen LogP contribution >= 0.6 is 46.3 Å². The number of hydrogen-bond donors (Lipinski definition) is 1. The van der Waals surface area contributed by atoms with E-state index in [2.05, 4.69) is 22.4 Å². The van der Waals surface area contributed by atoms with Crippen LogP contribution in [0.5, 0.6) is 0 Å². The summed E-state index contributed by atoms with van der Waals surface area (Å²) in [6.07, 6.45) is 4.87. The first-order valence-electron chi connectivity index (χ1n) is 7.78. The van der Waals surface area contributed by atoms with Gasteiger partial charge in [-0.05, 0) is 24.1 Å². The molecule has 0 aliphatic rings. The number of carbonyl (C=O) groups excluding carboxylic acids is 1. The van der Waals surface area contributed by atoms with Gasteiger partial charge in [0, 0.05) is 12.2 Å². The molecule has 8 heteroatoms. The Morgan fingerprint density at radius 1 is 1.21 bits per heavy atom. The summed E-state index contributed by atoms with van der Waals surface area (Å²) in [7, 11) is 0. The van der Waals surface area contributed by atoms with E-state index in [1.165, 1.54) is 17.8 Å². The van der Waals surface area contributed by atoms with E-state index in [1.807, 2.05) is 12.1 Å². The lowest BCUT2D eigenvalue weighted by Crippen LogP contribution is -2.10. The van der Waals surface area contributed by atoms with Crippen LogP contribution in [0.4, 0.5) is 5.13 Å². The van der Waals surface area contributed by atoms with Crippen molar-refractivity contribution in [2.24, 2.45) is 0 Å². The van der Waals surface area contributed by atoms with Crippen LogP contribution in [0.25, 0.3) is 0 Å². The Hall–Kier alpha value is -0.820. The molecule has 4 nitrogen and oxygen atoms in total. The van der Waals surface area contributed by atoms with Crippen molar-refractivity contribution in [3.05, 3.63) is 33.8 Å². The molecule has 0 bridgehead atoms. The lowest BCUT2D eigenvalue weighted by molar-refractivity contribution is -0.116. The first kappa shape index (κ1) is 19.5. The molecule has 1 heterocycles. The highest BCUT2D eigenvalue weighted by Crippen LogP contribution is 2.30. The van der Waals surface area contributed by atoms with E-state index in [4.69, 9.17) is 23.2 Å². The van der Waals surface area contributed by atoms with E-state index in [0.29, 0.717) is 21.6 Å². The number of rotatable bonds is 9. The Bertz CT molecular complexity index is 679. The standard InChI is InChI=1S/C16H19Cl2N3OS2/c1-2-3-4-5-6-14(22)19-15-20-21-16(24-15)23-10-11-7-8-12(17)13(18)9-11/h7-9H,2-6,10H2,1H3,(H,19,20,22). The third kappa shape index (κ3) is 6.59. The van der Waals surface area contributed by atoms with Crippen LogP contribution in [0.2, 0.25) is 10.0 Å². The molecule has 1 aromatic carbocycles. The average Bonchev–Trinajstić information content (AvgIpc) is 3.00. The van der Waals surface area contributed by atoms with Gasteiger partial charge >= 0.3 is 0 Å². The Morgan fingerprint density at radius 3 is 2.79 bits per heavy atom. The molecule has 0 aliphatic heterocycles. The van der Waals surface area contributed by atoms with Gasteiger partial charge in [0.25, 0.3) is 0 Å². The Labute approximate surface area is 160 Å². The Balaban J connectivity index is 1.78. The van der Waals surface area contributed by atoms with Crippen molar-refractivity contribution in [1.82, 2.24) is 10.2 Å². The monoisotopic (exact) mass is 403 g/mol. The third-order valence-corrected chi connectivity index (χ3v) is 6.04. The average molecular weight is 404 g/mol. The van der Waals surface area contributed by atoms with Crippen LogP contribution in [0.3, 0.4) is 0 Å². The minimum Gasteiger partial charge on any atom is -0.301 e. The summed E-state index contributed by atoms with van der Waals surface area (Å²) in [4.78, 5) is 11.8. The number of hydrogen-bond acceptors (Lipinski definition) is 5. The summed E-state index contributed by atoms with van der Waals surface area (Å²) >= 11 is 14.8. The third-order valence-electron chi connectivity index (χ3n) is 3.26. The van der Waals surface area contributed by atoms with E-state index >= 15 is 0 Å². The van der Waals surface area contributed by atoms with Crippen LogP contribution in [-0.2, 0) is 10.5 Å². The van der Waals surface area contributed by atoms with Gasteiger partial charge < -0.3 is 5.32 Å². The van der Waals surface area contributed by atoms with E-state index < -0.39 is 0 Å². The fourth-order valence-electron chi connectivity index (χ4n) is 1.99. The minimum atomic E-state index is 0.00304. The molecule has 0 saturated heterocycles. The topological polar surface area (TPSA) is 54.9 Å². The van der Waals surface area contributed by atoms with Crippen molar-refractivity contribution in [2.45, 2.75) is 49.1 Å². The SMILES string of the molecule is CCCCCCC(=O)Nc1nnc(SCc2ccc(Cl)c(Cl)c2)s1. The predicted octanol–water partition coefficient (Wildman–Crippen LogP) is 6.05. The number of unbranched alkanes of at least 4 members (excludes halogenated alkanes) is 3. The number of aromatic nitrogens is 2. The van der Waals surface area contributed by atoms with E-state index in [-0.39, 0.29) is 5.91 Å². The zero-order valence-electron chi connectivity index (χ0n) is 13.3. The van der Waals surface area contributed by atoms with Crippen molar-refractivity contribution in [3.63, 3.8) is 0 Å². The number of nitrogens with one attached hydrogen (secondary N) is 1. The summed E-state index contributed by atoms with van der Waals surface area (Å²) in [6, 6.07) is 5.56. The quantitative estimate of drug-likeness (QED) is 0.314. The first-order chi connectivity index (χ1) is 11.6. The number of nitrogens with zero attached hydrogens (tertiary/aromatic N) is 2. The molecular weight excluding hydrogens is 385 g/mol. The van der Waals surface area contributed by atoms with Crippen molar-refractivity contribution in [2.75, 3.05) is 5.32 Å². The molecule has 0 spiro atoms. The molecule has 1 aromatic heterocycles. The van der Waals surface area contributed by atoms with Gasteiger partial charge in [-0.15, -0.1) is 10.2 Å². The summed E-state index contributed by atoms with van der Waals surface area (Å²) in [5.41, 5.74) is 1.06. The molecule has 0 aliphatic carbocycles. The predicted molar refractivity (Wildman–Crippen MR) is 103 cm³/mol. The molecule has 0 saturated carbocycles. The maximum Gasteiger partial charge on any atom is 0.226 e. The molecular formula is C16H19Cl2N3OS2. The minimum absolute atomic E-state index is 0.00304. The highest BCUT2D eigenvalue weighted by atomic mass is 35.5. The summed E-state index contributed by atoms with van der Waals surface area (Å²) in [6.45, 7) is 2.15. The summed E-state index contributed by atoms with van der Waals surface area (Å²) in [5, 5.41) is 12.6. The Kier molecular flexibility index (Phi) is 8.32. The molecule has 24 heavy (non-hydrogen) atoms. The second-order valence-corrected chi connectivity index (χ2v) is 8.28. The van der Waals surface area contributed by atoms with E-state index in [1.54, 1.807) is 17.8 Å². The number of halogens is 2. The highest BCUT2D eigenvalue weighted by Gasteiger charge is 2.09. The molecule has 0 atom stereocenters. The van der Waals surface area contributed by atoms with Gasteiger partial charge in [0.05, 0.1) is 10.0 Å². The van der Waals surface area contributed by atoms with Crippen LogP contribution in [0, 0.1) is 0 Å². The van der Waals surface area contributed by atoms with Crippen molar-refractivity contribution < 1.29 is 4.79 Å². The molecule has 1 amide bonds. The molecule has 0 radical (unpaired) electrons. The molecule has 1 N–H and O–H groups in total. The zero-order valence-corrected chi connectivity index (χ0v) is 16.5. The summed E-state index contributed by atoms with van der Waals surface area (Å²) in [5.74, 6) is 0.722. The van der Waals surface area contributed by atoms with Crippen molar-refractivity contribution in [1.29, 1.82) is 0 Å². The number of anilines is 1. The van der Waals surface area contributed by atoms with Gasteiger partial charge in [-0.25, -0.2) is 0 Å². The zero-order chi connectivity index (χ0) is 17.4.